The molecule has 0 radical (unpaired) electrons. The lowest BCUT2D eigenvalue weighted by atomic mass is 10.2. The van der Waals surface area contributed by atoms with Crippen LogP contribution in [-0.2, 0) is 16.1 Å². The number of fused-ring (bicyclic) bond motifs is 1. The normalized spacial score (nSPS) is 12.0. The van der Waals surface area contributed by atoms with Crippen LogP contribution in [0.2, 0.25) is 0 Å². The minimum absolute atomic E-state index is 0.00317. The first-order chi connectivity index (χ1) is 14.0. The molecule has 0 spiro atoms. The van der Waals surface area contributed by atoms with Crippen LogP contribution in [0.5, 0.6) is 5.75 Å². The molecule has 0 saturated heterocycles. The van der Waals surface area contributed by atoms with Crippen molar-refractivity contribution in [2.24, 2.45) is 4.99 Å². The summed E-state index contributed by atoms with van der Waals surface area (Å²) in [6.07, 6.45) is 2.91. The van der Waals surface area contributed by atoms with Crippen LogP contribution in [0.25, 0.3) is 16.3 Å². The number of hydrogen-bond donors (Lipinski definition) is 0. The fourth-order valence-electron chi connectivity index (χ4n) is 2.74. The van der Waals surface area contributed by atoms with Gasteiger partial charge in [-0.1, -0.05) is 17.4 Å². The Balaban J connectivity index is 1.93. The molecule has 2 aromatic carbocycles. The van der Waals surface area contributed by atoms with Crippen molar-refractivity contribution in [2.45, 2.75) is 6.54 Å². The van der Waals surface area contributed by atoms with E-state index in [0.717, 1.165) is 10.2 Å². The molecule has 0 saturated carbocycles. The lowest BCUT2D eigenvalue weighted by Gasteiger charge is -2.07. The number of carbonyl (C=O) groups is 1. The molecule has 3 aromatic rings. The van der Waals surface area contributed by atoms with E-state index in [-0.39, 0.29) is 5.69 Å². The second-order valence-electron chi connectivity index (χ2n) is 5.97. The average molecular weight is 413 g/mol. The molecule has 1 heterocycles. The molecular formula is C20H19N3O5S. The van der Waals surface area contributed by atoms with Crippen LogP contribution in [0.3, 0.4) is 0 Å². The molecule has 0 bridgehead atoms. The summed E-state index contributed by atoms with van der Waals surface area (Å²) in [5.41, 5.74) is 1.53. The molecule has 9 heteroatoms. The predicted molar refractivity (Wildman–Crippen MR) is 111 cm³/mol. The van der Waals surface area contributed by atoms with E-state index in [1.54, 1.807) is 32.4 Å². The smallest absolute Gasteiger partial charge is 0.272 e. The van der Waals surface area contributed by atoms with Gasteiger partial charge >= 0.3 is 0 Å². The van der Waals surface area contributed by atoms with E-state index in [0.29, 0.717) is 29.3 Å². The van der Waals surface area contributed by atoms with Crippen LogP contribution in [0, 0.1) is 10.1 Å². The molecule has 0 unspecified atom stereocenters. The van der Waals surface area contributed by atoms with Gasteiger partial charge in [-0.15, -0.1) is 0 Å². The van der Waals surface area contributed by atoms with Gasteiger partial charge in [-0.2, -0.15) is 4.99 Å². The molecule has 0 fully saturated rings. The second-order valence-corrected chi connectivity index (χ2v) is 6.98. The zero-order chi connectivity index (χ0) is 20.8. The van der Waals surface area contributed by atoms with Crippen LogP contribution in [0.1, 0.15) is 5.56 Å². The number of para-hydroxylation sites is 1. The van der Waals surface area contributed by atoms with Crippen molar-refractivity contribution in [2.75, 3.05) is 20.8 Å². The Morgan fingerprint density at radius 2 is 2.00 bits per heavy atom. The highest BCUT2D eigenvalue weighted by molar-refractivity contribution is 7.16. The summed E-state index contributed by atoms with van der Waals surface area (Å²) in [7, 11) is 3.21. The van der Waals surface area contributed by atoms with Crippen LogP contribution >= 0.6 is 11.3 Å². The quantitative estimate of drug-likeness (QED) is 0.336. The van der Waals surface area contributed by atoms with Crippen molar-refractivity contribution in [3.63, 3.8) is 0 Å². The topological polar surface area (TPSA) is 96.0 Å². The highest BCUT2D eigenvalue weighted by atomic mass is 32.1. The van der Waals surface area contributed by atoms with Gasteiger partial charge in [0, 0.05) is 31.9 Å². The fraction of sp³-hybridized carbons (Fsp3) is 0.200. The van der Waals surface area contributed by atoms with Crippen molar-refractivity contribution in [1.82, 2.24) is 4.57 Å². The number of ether oxygens (including phenoxy) is 2. The maximum atomic E-state index is 12.4. The number of nitro groups is 1. The maximum Gasteiger partial charge on any atom is 0.272 e. The molecule has 0 aliphatic rings. The zero-order valence-corrected chi connectivity index (χ0v) is 16.7. The number of nitrogens with zero attached hydrogens (tertiary/aromatic N) is 3. The van der Waals surface area contributed by atoms with E-state index in [4.69, 9.17) is 9.47 Å². The molecule has 3 rings (SSSR count). The fourth-order valence-corrected chi connectivity index (χ4v) is 3.82. The van der Waals surface area contributed by atoms with Gasteiger partial charge in [0.1, 0.15) is 11.3 Å². The Morgan fingerprint density at radius 1 is 1.24 bits per heavy atom. The number of rotatable bonds is 7. The number of benzene rings is 2. The van der Waals surface area contributed by atoms with Gasteiger partial charge < -0.3 is 14.0 Å². The van der Waals surface area contributed by atoms with Crippen molar-refractivity contribution in [3.05, 3.63) is 69.0 Å². The lowest BCUT2D eigenvalue weighted by molar-refractivity contribution is -0.384. The highest BCUT2D eigenvalue weighted by Crippen LogP contribution is 2.27. The molecule has 0 aliphatic carbocycles. The second kappa shape index (κ2) is 9.26. The lowest BCUT2D eigenvalue weighted by Crippen LogP contribution is -2.19. The van der Waals surface area contributed by atoms with Gasteiger partial charge in [0.15, 0.2) is 4.80 Å². The Bertz CT molecular complexity index is 1130. The standard InChI is InChI=1S/C20H19N3O5S/c1-27-13-12-22-19-16(28-2)4-3-5-17(19)29-20(22)21-18(24)11-8-14-6-9-15(10-7-14)23(25)26/h3-11H,12-13H2,1-2H3. The highest BCUT2D eigenvalue weighted by Gasteiger charge is 2.11. The molecule has 0 N–H and O–H groups in total. The van der Waals surface area contributed by atoms with E-state index in [1.165, 1.54) is 29.5 Å². The summed E-state index contributed by atoms with van der Waals surface area (Å²) in [6, 6.07) is 11.6. The summed E-state index contributed by atoms with van der Waals surface area (Å²) in [4.78, 5) is 27.4. The van der Waals surface area contributed by atoms with E-state index in [9.17, 15) is 14.9 Å². The molecule has 1 aromatic heterocycles. The number of methoxy groups -OCH3 is 2. The molecule has 1 amide bonds. The molecule has 8 nitrogen and oxygen atoms in total. The van der Waals surface area contributed by atoms with Crippen molar-refractivity contribution in [1.29, 1.82) is 0 Å². The van der Waals surface area contributed by atoms with Crippen molar-refractivity contribution in [3.8, 4) is 5.75 Å². The van der Waals surface area contributed by atoms with Crippen molar-refractivity contribution >= 4 is 39.2 Å². The largest absolute Gasteiger partial charge is 0.495 e. The van der Waals surface area contributed by atoms with Gasteiger partial charge in [-0.3, -0.25) is 14.9 Å². The maximum absolute atomic E-state index is 12.4. The van der Waals surface area contributed by atoms with Gasteiger partial charge in [0.2, 0.25) is 0 Å². The Morgan fingerprint density at radius 3 is 2.66 bits per heavy atom. The van der Waals surface area contributed by atoms with Crippen LogP contribution in [-0.4, -0.2) is 36.2 Å². The van der Waals surface area contributed by atoms with Crippen LogP contribution in [0.4, 0.5) is 5.69 Å². The molecule has 29 heavy (non-hydrogen) atoms. The van der Waals surface area contributed by atoms with Crippen molar-refractivity contribution < 1.29 is 19.2 Å². The number of nitro benzene ring substituents is 1. The first kappa shape index (κ1) is 20.4. The third-order valence-electron chi connectivity index (χ3n) is 4.13. The molecule has 150 valence electrons. The van der Waals surface area contributed by atoms with Crippen LogP contribution in [0.15, 0.2) is 53.5 Å². The third-order valence-corrected chi connectivity index (χ3v) is 5.17. The summed E-state index contributed by atoms with van der Waals surface area (Å²) in [6.45, 7) is 0.985. The van der Waals surface area contributed by atoms with Gasteiger partial charge in [0.25, 0.3) is 11.6 Å². The average Bonchev–Trinajstić information content (AvgIpc) is 3.07. The molecule has 0 aliphatic heterocycles. The molecule has 0 atom stereocenters. The monoisotopic (exact) mass is 413 g/mol. The summed E-state index contributed by atoms with van der Waals surface area (Å²) >= 11 is 1.39. The third kappa shape index (κ3) is 4.76. The van der Waals surface area contributed by atoms with E-state index in [2.05, 4.69) is 4.99 Å². The Hall–Kier alpha value is -3.30. The Labute approximate surface area is 170 Å². The molecular weight excluding hydrogens is 394 g/mol. The van der Waals surface area contributed by atoms with Gasteiger partial charge in [0.05, 0.1) is 23.3 Å². The van der Waals surface area contributed by atoms with E-state index in [1.807, 2.05) is 22.8 Å². The summed E-state index contributed by atoms with van der Waals surface area (Å²) in [5, 5.41) is 10.7. The number of carbonyl (C=O) groups excluding carboxylic acids is 1. The van der Waals surface area contributed by atoms with Gasteiger partial charge in [-0.25, -0.2) is 0 Å². The number of non-ortho nitro benzene ring substituents is 1. The van der Waals surface area contributed by atoms with Crippen LogP contribution < -0.4 is 9.54 Å². The number of aromatic nitrogens is 1. The van der Waals surface area contributed by atoms with E-state index < -0.39 is 10.8 Å². The SMILES string of the molecule is COCCn1c(=NC(=O)C=Cc2ccc([N+](=O)[O-])cc2)sc2cccc(OC)c21. The summed E-state index contributed by atoms with van der Waals surface area (Å²) < 4.78 is 13.5. The minimum Gasteiger partial charge on any atom is -0.495 e. The zero-order valence-electron chi connectivity index (χ0n) is 15.9. The first-order valence-corrected chi connectivity index (χ1v) is 9.51. The Kier molecular flexibility index (Phi) is 6.53. The first-order valence-electron chi connectivity index (χ1n) is 8.70. The number of thiazole rings is 1. The van der Waals surface area contributed by atoms with Gasteiger partial charge in [-0.05, 0) is 35.9 Å². The predicted octanol–water partition coefficient (Wildman–Crippen LogP) is 3.41. The minimum atomic E-state index is -0.470. The summed E-state index contributed by atoms with van der Waals surface area (Å²) in [5.74, 6) is 0.269. The van der Waals surface area contributed by atoms with E-state index >= 15 is 0 Å². The number of hydrogen-bond acceptors (Lipinski definition) is 6. The number of amides is 1.